The first kappa shape index (κ1) is 17.1. The van der Waals surface area contributed by atoms with Crippen LogP contribution >= 0.6 is 11.6 Å². The fourth-order valence-electron chi connectivity index (χ4n) is 3.77. The summed E-state index contributed by atoms with van der Waals surface area (Å²) in [6.07, 6.45) is 3.73. The molecule has 140 valence electrons. The van der Waals surface area contributed by atoms with Crippen molar-refractivity contribution in [3.63, 3.8) is 0 Å². The molecule has 1 fully saturated rings. The van der Waals surface area contributed by atoms with E-state index >= 15 is 0 Å². The molecule has 0 saturated carbocycles. The highest BCUT2D eigenvalue weighted by Gasteiger charge is 2.22. The van der Waals surface area contributed by atoms with Gasteiger partial charge >= 0.3 is 0 Å². The molecular weight excluding hydrogens is 370 g/mol. The van der Waals surface area contributed by atoms with Crippen LogP contribution in [0.3, 0.4) is 0 Å². The molecule has 0 unspecified atom stereocenters. The minimum atomic E-state index is 0.805. The van der Waals surface area contributed by atoms with Gasteiger partial charge in [-0.15, -0.1) is 0 Å². The van der Waals surface area contributed by atoms with Crippen molar-refractivity contribution in [1.82, 2.24) is 14.6 Å². The third kappa shape index (κ3) is 3.08. The van der Waals surface area contributed by atoms with Crippen molar-refractivity contribution in [2.45, 2.75) is 0 Å². The van der Waals surface area contributed by atoms with Crippen molar-refractivity contribution in [2.75, 3.05) is 36.0 Å². The van der Waals surface area contributed by atoms with Crippen LogP contribution < -0.4 is 9.80 Å². The van der Waals surface area contributed by atoms with Crippen LogP contribution in [-0.2, 0) is 0 Å². The van der Waals surface area contributed by atoms with Gasteiger partial charge in [0.25, 0.3) is 0 Å². The zero-order valence-corrected chi connectivity index (χ0v) is 16.1. The minimum absolute atomic E-state index is 0.805. The fraction of sp³-hybridized carbons (Fsp3) is 0.182. The molecule has 1 aliphatic heterocycles. The van der Waals surface area contributed by atoms with E-state index in [1.54, 1.807) is 0 Å². The van der Waals surface area contributed by atoms with Gasteiger partial charge < -0.3 is 9.80 Å². The first-order valence-corrected chi connectivity index (χ1v) is 9.82. The largest absolute Gasteiger partial charge is 0.367 e. The van der Waals surface area contributed by atoms with E-state index in [1.165, 1.54) is 0 Å². The normalized spacial score (nSPS) is 14.6. The Hall–Kier alpha value is -3.05. The summed E-state index contributed by atoms with van der Waals surface area (Å²) in [5, 5.41) is 5.54. The maximum atomic E-state index is 6.37. The Morgan fingerprint density at radius 2 is 1.54 bits per heavy atom. The number of fused-ring (bicyclic) bond motifs is 1. The highest BCUT2D eigenvalue weighted by Crippen LogP contribution is 2.29. The molecule has 28 heavy (non-hydrogen) atoms. The number of benzene rings is 2. The Morgan fingerprint density at radius 3 is 2.32 bits per heavy atom. The highest BCUT2D eigenvalue weighted by molar-refractivity contribution is 6.33. The molecule has 0 bridgehead atoms. The molecule has 5 nitrogen and oxygen atoms in total. The van der Waals surface area contributed by atoms with Gasteiger partial charge in [-0.25, -0.2) is 9.50 Å². The van der Waals surface area contributed by atoms with Gasteiger partial charge in [0.05, 0.1) is 16.4 Å². The standard InChI is InChI=1S/C22H20ClN5/c23-18-8-4-5-9-20(18)26-12-14-27(15-13-26)22-21-16-19(17-6-2-1-3-7-17)25-28(21)11-10-24-22/h1-11,16H,12-15H2. The van der Waals surface area contributed by atoms with Gasteiger partial charge in [-0.3, -0.25) is 0 Å². The van der Waals surface area contributed by atoms with E-state index < -0.39 is 0 Å². The maximum absolute atomic E-state index is 6.37. The topological polar surface area (TPSA) is 36.7 Å². The van der Waals surface area contributed by atoms with Gasteiger partial charge in [0, 0.05) is 44.1 Å². The van der Waals surface area contributed by atoms with Crippen molar-refractivity contribution in [3.8, 4) is 11.3 Å². The fourth-order valence-corrected chi connectivity index (χ4v) is 4.02. The van der Waals surface area contributed by atoms with Crippen LogP contribution in [0.25, 0.3) is 16.8 Å². The molecule has 0 aliphatic carbocycles. The average molecular weight is 390 g/mol. The van der Waals surface area contributed by atoms with Gasteiger partial charge in [-0.1, -0.05) is 54.1 Å². The van der Waals surface area contributed by atoms with E-state index in [-0.39, 0.29) is 0 Å². The summed E-state index contributed by atoms with van der Waals surface area (Å²) < 4.78 is 1.92. The number of aromatic nitrogens is 3. The predicted octanol–water partition coefficient (Wildman–Crippen LogP) is 4.38. The highest BCUT2D eigenvalue weighted by atomic mass is 35.5. The van der Waals surface area contributed by atoms with Crippen LogP contribution in [0.1, 0.15) is 0 Å². The van der Waals surface area contributed by atoms with Gasteiger partial charge in [-0.05, 0) is 18.2 Å². The SMILES string of the molecule is Clc1ccccc1N1CCN(c2nccn3nc(-c4ccccc4)cc23)CC1. The van der Waals surface area contributed by atoms with Gasteiger partial charge in [0.15, 0.2) is 5.82 Å². The smallest absolute Gasteiger partial charge is 0.154 e. The number of hydrogen-bond donors (Lipinski definition) is 0. The van der Waals surface area contributed by atoms with Crippen molar-refractivity contribution < 1.29 is 0 Å². The van der Waals surface area contributed by atoms with Crippen LogP contribution in [0, 0.1) is 0 Å². The molecule has 0 N–H and O–H groups in total. The van der Waals surface area contributed by atoms with E-state index in [9.17, 15) is 0 Å². The Bertz CT molecular complexity index is 1100. The molecule has 3 heterocycles. The van der Waals surface area contributed by atoms with E-state index in [0.717, 1.165) is 59.5 Å². The van der Waals surface area contributed by atoms with Crippen LogP contribution in [0.5, 0.6) is 0 Å². The molecule has 2 aromatic heterocycles. The molecule has 0 amide bonds. The van der Waals surface area contributed by atoms with E-state index in [2.05, 4.69) is 39.0 Å². The van der Waals surface area contributed by atoms with Gasteiger partial charge in [0.2, 0.25) is 0 Å². The van der Waals surface area contributed by atoms with Gasteiger partial charge in [0.1, 0.15) is 5.52 Å². The second-order valence-electron chi connectivity index (χ2n) is 6.90. The minimum Gasteiger partial charge on any atom is -0.367 e. The van der Waals surface area contributed by atoms with E-state index in [0.29, 0.717) is 0 Å². The summed E-state index contributed by atoms with van der Waals surface area (Å²) in [6, 6.07) is 20.4. The third-order valence-electron chi connectivity index (χ3n) is 5.21. The summed E-state index contributed by atoms with van der Waals surface area (Å²) in [5.41, 5.74) is 4.21. The summed E-state index contributed by atoms with van der Waals surface area (Å²) in [5.74, 6) is 0.982. The number of para-hydroxylation sites is 1. The molecule has 6 heteroatoms. The van der Waals surface area contributed by atoms with Crippen molar-refractivity contribution in [1.29, 1.82) is 0 Å². The van der Waals surface area contributed by atoms with E-state index in [4.69, 9.17) is 16.7 Å². The molecular formula is C22H20ClN5. The predicted molar refractivity (Wildman–Crippen MR) is 114 cm³/mol. The maximum Gasteiger partial charge on any atom is 0.154 e. The molecule has 1 aliphatic rings. The quantitative estimate of drug-likeness (QED) is 0.521. The molecule has 1 saturated heterocycles. The zero-order chi connectivity index (χ0) is 18.9. The van der Waals surface area contributed by atoms with Crippen LogP contribution in [0.2, 0.25) is 5.02 Å². The second-order valence-corrected chi connectivity index (χ2v) is 7.31. The average Bonchev–Trinajstić information content (AvgIpc) is 3.19. The first-order chi connectivity index (χ1) is 13.8. The monoisotopic (exact) mass is 389 g/mol. The number of hydrogen-bond acceptors (Lipinski definition) is 4. The molecule has 2 aromatic carbocycles. The molecule has 4 aromatic rings. The lowest BCUT2D eigenvalue weighted by Gasteiger charge is -2.37. The Kier molecular flexibility index (Phi) is 4.37. The zero-order valence-electron chi connectivity index (χ0n) is 15.4. The summed E-state index contributed by atoms with van der Waals surface area (Å²) in [4.78, 5) is 9.34. The number of nitrogens with zero attached hydrogens (tertiary/aromatic N) is 5. The number of rotatable bonds is 3. The van der Waals surface area contributed by atoms with Gasteiger partial charge in [-0.2, -0.15) is 5.10 Å². The molecule has 5 rings (SSSR count). The Morgan fingerprint density at radius 1 is 0.821 bits per heavy atom. The summed E-state index contributed by atoms with van der Waals surface area (Å²) >= 11 is 6.37. The Balaban J connectivity index is 1.41. The number of halogens is 1. The number of anilines is 2. The van der Waals surface area contributed by atoms with Crippen LogP contribution in [0.15, 0.2) is 73.1 Å². The summed E-state index contributed by atoms with van der Waals surface area (Å²) in [7, 11) is 0. The third-order valence-corrected chi connectivity index (χ3v) is 5.53. The molecule has 0 spiro atoms. The molecule has 0 radical (unpaired) electrons. The van der Waals surface area contributed by atoms with Crippen molar-refractivity contribution >= 4 is 28.6 Å². The lowest BCUT2D eigenvalue weighted by molar-refractivity contribution is 0.647. The lowest BCUT2D eigenvalue weighted by Crippen LogP contribution is -2.47. The molecule has 0 atom stereocenters. The number of piperazine rings is 1. The van der Waals surface area contributed by atoms with Crippen LogP contribution in [0.4, 0.5) is 11.5 Å². The summed E-state index contributed by atoms with van der Waals surface area (Å²) in [6.45, 7) is 3.60. The van der Waals surface area contributed by atoms with E-state index in [1.807, 2.05) is 53.3 Å². The van der Waals surface area contributed by atoms with Crippen molar-refractivity contribution in [3.05, 3.63) is 78.1 Å². The lowest BCUT2D eigenvalue weighted by atomic mass is 10.1. The second kappa shape index (κ2) is 7.17. The van der Waals surface area contributed by atoms with Crippen molar-refractivity contribution in [2.24, 2.45) is 0 Å². The Labute approximate surface area is 168 Å². The van der Waals surface area contributed by atoms with Crippen LogP contribution in [-0.4, -0.2) is 40.8 Å². The first-order valence-electron chi connectivity index (χ1n) is 9.44.